The molecule has 2 rings (SSSR count). The normalized spacial score (nSPS) is 18.0. The Balaban J connectivity index is 1.82. The van der Waals surface area contributed by atoms with E-state index in [1.54, 1.807) is 0 Å². The van der Waals surface area contributed by atoms with Crippen LogP contribution < -0.4 is 10.6 Å². The molecule has 1 fully saturated rings. The Hall–Kier alpha value is -1.10. The number of nitrogens with two attached hydrogens (primary N) is 1. The maximum atomic E-state index is 5.69. The fourth-order valence-electron chi connectivity index (χ4n) is 1.97. The van der Waals surface area contributed by atoms with Gasteiger partial charge in [-0.2, -0.15) is 4.98 Å². The van der Waals surface area contributed by atoms with E-state index in [1.165, 1.54) is 12.8 Å². The standard InChI is InChI=1S/C11H20N4O/c1-9(12)5-4-6-10-13-11(14-16-10)15-7-2-3-8-15/h9H,2-8,12H2,1H3. The van der Waals surface area contributed by atoms with Crippen LogP contribution in [0, 0.1) is 0 Å². The summed E-state index contributed by atoms with van der Waals surface area (Å²) in [7, 11) is 0. The van der Waals surface area contributed by atoms with Crippen LogP contribution in [-0.2, 0) is 6.42 Å². The predicted octanol–water partition coefficient (Wildman–Crippen LogP) is 1.34. The average Bonchev–Trinajstić information content (AvgIpc) is 2.85. The van der Waals surface area contributed by atoms with E-state index in [0.717, 1.165) is 44.2 Å². The zero-order valence-electron chi connectivity index (χ0n) is 9.85. The third-order valence-electron chi connectivity index (χ3n) is 2.90. The number of rotatable bonds is 5. The van der Waals surface area contributed by atoms with Crippen molar-refractivity contribution < 1.29 is 4.52 Å². The Morgan fingerprint density at radius 2 is 2.19 bits per heavy atom. The van der Waals surface area contributed by atoms with Gasteiger partial charge < -0.3 is 15.2 Å². The summed E-state index contributed by atoms with van der Waals surface area (Å²) in [6.45, 7) is 4.13. The first-order valence-corrected chi connectivity index (χ1v) is 6.09. The van der Waals surface area contributed by atoms with Crippen molar-refractivity contribution in [3.63, 3.8) is 0 Å². The van der Waals surface area contributed by atoms with Crippen LogP contribution in [0.1, 0.15) is 38.5 Å². The average molecular weight is 224 g/mol. The minimum absolute atomic E-state index is 0.251. The molecule has 90 valence electrons. The molecule has 5 heteroatoms. The van der Waals surface area contributed by atoms with Gasteiger partial charge >= 0.3 is 0 Å². The fourth-order valence-corrected chi connectivity index (χ4v) is 1.97. The Morgan fingerprint density at radius 3 is 2.88 bits per heavy atom. The number of hydrogen-bond donors (Lipinski definition) is 1. The molecule has 0 aromatic carbocycles. The van der Waals surface area contributed by atoms with Crippen LogP contribution in [-0.4, -0.2) is 29.3 Å². The van der Waals surface area contributed by atoms with Crippen molar-refractivity contribution in [1.82, 2.24) is 10.1 Å². The zero-order valence-corrected chi connectivity index (χ0v) is 9.85. The molecule has 0 radical (unpaired) electrons. The van der Waals surface area contributed by atoms with Gasteiger partial charge in [0, 0.05) is 25.6 Å². The molecule has 2 N–H and O–H groups in total. The minimum atomic E-state index is 0.251. The summed E-state index contributed by atoms with van der Waals surface area (Å²) in [5.41, 5.74) is 5.69. The van der Waals surface area contributed by atoms with Gasteiger partial charge in [-0.3, -0.25) is 0 Å². The lowest BCUT2D eigenvalue weighted by Gasteiger charge is -2.09. The van der Waals surface area contributed by atoms with Crippen molar-refractivity contribution in [2.45, 2.75) is 45.1 Å². The van der Waals surface area contributed by atoms with Crippen molar-refractivity contribution in [2.75, 3.05) is 18.0 Å². The van der Waals surface area contributed by atoms with Gasteiger partial charge in [-0.05, 0) is 37.8 Å². The molecular formula is C11H20N4O. The molecule has 1 aliphatic heterocycles. The summed E-state index contributed by atoms with van der Waals surface area (Å²) >= 11 is 0. The molecule has 0 saturated carbocycles. The molecular weight excluding hydrogens is 204 g/mol. The van der Waals surface area contributed by atoms with Gasteiger partial charge in [0.1, 0.15) is 0 Å². The van der Waals surface area contributed by atoms with Gasteiger partial charge in [0.25, 0.3) is 5.95 Å². The quantitative estimate of drug-likeness (QED) is 0.817. The summed E-state index contributed by atoms with van der Waals surface area (Å²) in [4.78, 5) is 6.58. The van der Waals surface area contributed by atoms with Crippen LogP contribution in [0.5, 0.6) is 0 Å². The van der Waals surface area contributed by atoms with E-state index in [1.807, 2.05) is 6.92 Å². The van der Waals surface area contributed by atoms with Gasteiger partial charge in [-0.25, -0.2) is 0 Å². The van der Waals surface area contributed by atoms with Crippen LogP contribution >= 0.6 is 0 Å². The summed E-state index contributed by atoms with van der Waals surface area (Å²) in [5, 5.41) is 4.00. The van der Waals surface area contributed by atoms with E-state index >= 15 is 0 Å². The van der Waals surface area contributed by atoms with Gasteiger partial charge in [-0.15, -0.1) is 0 Å². The molecule has 16 heavy (non-hydrogen) atoms. The lowest BCUT2D eigenvalue weighted by molar-refractivity contribution is 0.372. The van der Waals surface area contributed by atoms with Gasteiger partial charge in [-0.1, -0.05) is 0 Å². The first-order valence-electron chi connectivity index (χ1n) is 6.09. The van der Waals surface area contributed by atoms with Crippen molar-refractivity contribution in [3.8, 4) is 0 Å². The monoisotopic (exact) mass is 224 g/mol. The van der Waals surface area contributed by atoms with E-state index in [0.29, 0.717) is 0 Å². The maximum absolute atomic E-state index is 5.69. The van der Waals surface area contributed by atoms with Crippen LogP contribution in [0.4, 0.5) is 5.95 Å². The molecule has 1 unspecified atom stereocenters. The first-order chi connectivity index (χ1) is 7.75. The maximum Gasteiger partial charge on any atom is 0.266 e. The third-order valence-corrected chi connectivity index (χ3v) is 2.90. The van der Waals surface area contributed by atoms with Gasteiger partial charge in [0.2, 0.25) is 5.89 Å². The van der Waals surface area contributed by atoms with E-state index in [-0.39, 0.29) is 6.04 Å². The number of aromatic nitrogens is 2. The van der Waals surface area contributed by atoms with Crippen molar-refractivity contribution >= 4 is 5.95 Å². The number of hydrogen-bond acceptors (Lipinski definition) is 5. The smallest absolute Gasteiger partial charge is 0.266 e. The van der Waals surface area contributed by atoms with Crippen molar-refractivity contribution in [1.29, 1.82) is 0 Å². The second-order valence-corrected chi connectivity index (χ2v) is 4.55. The summed E-state index contributed by atoms with van der Waals surface area (Å²) in [6, 6.07) is 0.251. The highest BCUT2D eigenvalue weighted by Crippen LogP contribution is 2.16. The zero-order chi connectivity index (χ0) is 11.4. The van der Waals surface area contributed by atoms with Gasteiger partial charge in [0.15, 0.2) is 0 Å². The highest BCUT2D eigenvalue weighted by Gasteiger charge is 2.17. The largest absolute Gasteiger partial charge is 0.338 e. The molecule has 5 nitrogen and oxygen atoms in total. The Labute approximate surface area is 96.0 Å². The van der Waals surface area contributed by atoms with Crippen LogP contribution in [0.2, 0.25) is 0 Å². The molecule has 0 bridgehead atoms. The Bertz CT molecular complexity index is 318. The summed E-state index contributed by atoms with van der Waals surface area (Å²) in [6.07, 6.45) is 5.31. The highest BCUT2D eigenvalue weighted by atomic mass is 16.5. The van der Waals surface area contributed by atoms with E-state index in [2.05, 4.69) is 15.0 Å². The SMILES string of the molecule is CC(N)CCCc1nc(N2CCCC2)no1. The number of anilines is 1. The minimum Gasteiger partial charge on any atom is -0.338 e. The highest BCUT2D eigenvalue weighted by molar-refractivity contribution is 5.28. The van der Waals surface area contributed by atoms with Crippen molar-refractivity contribution in [3.05, 3.63) is 5.89 Å². The molecule has 1 aliphatic rings. The van der Waals surface area contributed by atoms with Crippen LogP contribution in [0.25, 0.3) is 0 Å². The van der Waals surface area contributed by atoms with Crippen molar-refractivity contribution in [2.24, 2.45) is 5.73 Å². The second-order valence-electron chi connectivity index (χ2n) is 4.55. The van der Waals surface area contributed by atoms with Gasteiger partial charge in [0.05, 0.1) is 0 Å². The van der Waals surface area contributed by atoms with E-state index in [4.69, 9.17) is 10.3 Å². The Kier molecular flexibility index (Phi) is 3.77. The third kappa shape index (κ3) is 2.95. The molecule has 0 aliphatic carbocycles. The Morgan fingerprint density at radius 1 is 1.44 bits per heavy atom. The lowest BCUT2D eigenvalue weighted by Crippen LogP contribution is -2.18. The molecule has 2 heterocycles. The predicted molar refractivity (Wildman–Crippen MR) is 62.3 cm³/mol. The summed E-state index contributed by atoms with van der Waals surface area (Å²) in [5.74, 6) is 1.50. The first kappa shape index (κ1) is 11.4. The fraction of sp³-hybridized carbons (Fsp3) is 0.818. The van der Waals surface area contributed by atoms with Crippen LogP contribution in [0.3, 0.4) is 0 Å². The molecule has 1 saturated heterocycles. The second kappa shape index (κ2) is 5.30. The molecule has 1 atom stereocenters. The number of nitrogens with zero attached hydrogens (tertiary/aromatic N) is 3. The molecule has 0 amide bonds. The topological polar surface area (TPSA) is 68.2 Å². The summed E-state index contributed by atoms with van der Waals surface area (Å²) < 4.78 is 5.22. The van der Waals surface area contributed by atoms with Crippen LogP contribution in [0.15, 0.2) is 4.52 Å². The van der Waals surface area contributed by atoms with E-state index < -0.39 is 0 Å². The number of aryl methyl sites for hydroxylation is 1. The molecule has 1 aromatic rings. The lowest BCUT2D eigenvalue weighted by atomic mass is 10.1. The molecule has 0 spiro atoms. The molecule has 1 aromatic heterocycles. The van der Waals surface area contributed by atoms with E-state index in [9.17, 15) is 0 Å².